The monoisotopic (exact) mass is 794 g/mol. The lowest BCUT2D eigenvalue weighted by Gasteiger charge is -2.24. The van der Waals surface area contributed by atoms with Crippen molar-refractivity contribution in [3.8, 4) is 33.9 Å². The summed E-state index contributed by atoms with van der Waals surface area (Å²) in [4.78, 5) is 74.2. The number of aromatic nitrogens is 6. The number of hydrogen-bond donors (Lipinski definition) is 4. The van der Waals surface area contributed by atoms with Gasteiger partial charge in [0.25, 0.3) is 0 Å². The summed E-state index contributed by atoms with van der Waals surface area (Å²) in [6.07, 6.45) is 9.07. The van der Waals surface area contributed by atoms with E-state index < -0.39 is 12.2 Å². The molecule has 7 rings (SSSR count). The van der Waals surface area contributed by atoms with E-state index in [9.17, 15) is 19.2 Å². The summed E-state index contributed by atoms with van der Waals surface area (Å²) in [7, 11) is 2.45. The van der Waals surface area contributed by atoms with Crippen molar-refractivity contribution in [2.24, 2.45) is 23.3 Å². The number of amides is 4. The number of nitrogens with one attached hydrogen (secondary N) is 2. The molecule has 0 aliphatic carbocycles. The molecule has 0 spiro atoms. The molecule has 5 heterocycles. The second-order valence-corrected chi connectivity index (χ2v) is 15.1. The van der Waals surface area contributed by atoms with Crippen LogP contribution in [0, 0.1) is 11.8 Å². The molecule has 0 saturated carbocycles. The normalized spacial score (nSPS) is 16.1. The van der Waals surface area contributed by atoms with E-state index in [1.165, 1.54) is 14.2 Å². The van der Waals surface area contributed by atoms with Crippen LogP contribution in [0.3, 0.4) is 0 Å². The molecule has 2 saturated heterocycles. The van der Waals surface area contributed by atoms with E-state index in [4.69, 9.17) is 9.97 Å². The Hall–Kier alpha value is -6.32. The summed E-state index contributed by atoms with van der Waals surface area (Å²) in [6, 6.07) is 14.3. The van der Waals surface area contributed by atoms with Crippen LogP contribution in [0.2, 0.25) is 0 Å². The van der Waals surface area contributed by atoms with E-state index in [0.29, 0.717) is 30.5 Å². The van der Waals surface area contributed by atoms with Crippen molar-refractivity contribution >= 4 is 34.9 Å². The third-order valence-corrected chi connectivity index (χ3v) is 9.88. The number of ether oxygens (including phenoxy) is 2. The van der Waals surface area contributed by atoms with Crippen molar-refractivity contribution in [1.29, 1.82) is 0 Å². The minimum Gasteiger partial charge on any atom is -0.453 e. The van der Waals surface area contributed by atoms with E-state index in [0.717, 1.165) is 89.4 Å². The van der Waals surface area contributed by atoms with Gasteiger partial charge >= 0.3 is 12.2 Å². The fraction of sp³-hybridized carbons (Fsp3) is 0.429. The van der Waals surface area contributed by atoms with Gasteiger partial charge in [0.1, 0.15) is 11.6 Å². The lowest BCUT2D eigenvalue weighted by Crippen LogP contribution is -2.31. The van der Waals surface area contributed by atoms with Crippen molar-refractivity contribution < 1.29 is 28.7 Å². The van der Waals surface area contributed by atoms with E-state index in [1.54, 1.807) is 0 Å². The predicted octanol–water partition coefficient (Wildman–Crippen LogP) is 6.92. The summed E-state index contributed by atoms with van der Waals surface area (Å²) in [5, 5.41) is 0.941. The van der Waals surface area contributed by atoms with Crippen LogP contribution < -0.4 is 11.5 Å². The van der Waals surface area contributed by atoms with Crippen LogP contribution >= 0.6 is 0 Å². The van der Waals surface area contributed by atoms with Crippen molar-refractivity contribution in [1.82, 2.24) is 39.7 Å². The van der Waals surface area contributed by atoms with Gasteiger partial charge in [-0.1, -0.05) is 58.0 Å². The highest BCUT2D eigenvalue weighted by Gasteiger charge is 2.33. The average molecular weight is 795 g/mol. The van der Waals surface area contributed by atoms with Crippen molar-refractivity contribution in [2.45, 2.75) is 78.3 Å². The Kier molecular flexibility index (Phi) is 14.5. The molecule has 0 unspecified atom stereocenters. The second-order valence-electron chi connectivity index (χ2n) is 15.1. The lowest BCUT2D eigenvalue weighted by molar-refractivity contribution is -0.133. The Bertz CT molecular complexity index is 2170. The number of fused-ring (bicyclic) bond motifs is 1. The first kappa shape index (κ1) is 42.8. The zero-order valence-electron chi connectivity index (χ0n) is 34.0. The van der Waals surface area contributed by atoms with E-state index in [1.807, 2.05) is 52.7 Å². The number of primary amides is 2. The van der Waals surface area contributed by atoms with Gasteiger partial charge in [-0.05, 0) is 55.2 Å². The van der Waals surface area contributed by atoms with Crippen LogP contribution in [0.5, 0.6) is 0 Å². The molecule has 58 heavy (non-hydrogen) atoms. The maximum atomic E-state index is 12.8. The highest BCUT2D eigenvalue weighted by atomic mass is 16.5. The SMILES string of the molecule is CC(C)CC(=O)N1CCC[C@H]1c1ncc(-c2ccc(-c3ncc4cc(-c5cnc([C@@H]6CCCN6C(=O)CC(C)C)[nH]5)ccc4n3)cc2)[nH]1.COC(N)=O.COC(N)=O. The van der Waals surface area contributed by atoms with Crippen molar-refractivity contribution in [3.63, 3.8) is 0 Å². The Labute approximate surface area is 338 Å². The Morgan fingerprint density at radius 3 is 1.60 bits per heavy atom. The third-order valence-electron chi connectivity index (χ3n) is 9.88. The van der Waals surface area contributed by atoms with Crippen LogP contribution in [0.1, 0.15) is 90.0 Å². The quantitative estimate of drug-likeness (QED) is 0.120. The summed E-state index contributed by atoms with van der Waals surface area (Å²) >= 11 is 0. The van der Waals surface area contributed by atoms with Gasteiger partial charge in [-0.2, -0.15) is 0 Å². The fourth-order valence-corrected chi connectivity index (χ4v) is 7.08. The number of rotatable bonds is 9. The summed E-state index contributed by atoms with van der Waals surface area (Å²) in [5.74, 6) is 3.45. The van der Waals surface area contributed by atoms with E-state index in [-0.39, 0.29) is 23.9 Å². The summed E-state index contributed by atoms with van der Waals surface area (Å²) in [5.41, 5.74) is 14.5. The minimum atomic E-state index is -0.745. The van der Waals surface area contributed by atoms with Crippen LogP contribution in [-0.2, 0) is 19.1 Å². The Morgan fingerprint density at radius 1 is 0.690 bits per heavy atom. The van der Waals surface area contributed by atoms with Crippen LogP contribution in [0.15, 0.2) is 61.1 Å². The van der Waals surface area contributed by atoms with Crippen molar-refractivity contribution in [2.75, 3.05) is 27.3 Å². The van der Waals surface area contributed by atoms with Gasteiger partial charge < -0.3 is 40.7 Å². The average Bonchev–Trinajstić information content (AvgIpc) is 4.04. The van der Waals surface area contributed by atoms with Crippen LogP contribution in [0.25, 0.3) is 44.8 Å². The summed E-state index contributed by atoms with van der Waals surface area (Å²) in [6.45, 7) is 9.90. The summed E-state index contributed by atoms with van der Waals surface area (Å²) < 4.78 is 7.78. The topological polar surface area (TPSA) is 228 Å². The number of H-pyrrole nitrogens is 2. The Morgan fingerprint density at radius 2 is 1.14 bits per heavy atom. The molecule has 2 aromatic carbocycles. The van der Waals surface area contributed by atoms with Gasteiger partial charge in [-0.3, -0.25) is 9.59 Å². The molecule has 16 nitrogen and oxygen atoms in total. The van der Waals surface area contributed by atoms with Gasteiger partial charge in [0, 0.05) is 48.6 Å². The number of nitrogens with zero attached hydrogens (tertiary/aromatic N) is 6. The molecule has 2 atom stereocenters. The Balaban J connectivity index is 0.000000574. The molecule has 2 fully saturated rings. The molecule has 6 N–H and O–H groups in total. The van der Waals surface area contributed by atoms with Crippen molar-refractivity contribution in [3.05, 3.63) is 72.7 Å². The molecule has 16 heteroatoms. The number of likely N-dealkylation sites (tertiary alicyclic amines) is 2. The predicted molar refractivity (Wildman–Crippen MR) is 220 cm³/mol. The van der Waals surface area contributed by atoms with Gasteiger partial charge in [0.15, 0.2) is 5.82 Å². The third kappa shape index (κ3) is 11.0. The second kappa shape index (κ2) is 19.7. The fourth-order valence-electron chi connectivity index (χ4n) is 7.08. The number of carbonyl (C=O) groups excluding carboxylic acids is 4. The molecule has 2 aliphatic rings. The number of imidazole rings is 2. The molecular weight excluding hydrogens is 741 g/mol. The molecule has 4 amide bonds. The minimum absolute atomic E-state index is 0.000878. The van der Waals surface area contributed by atoms with Crippen LogP contribution in [0.4, 0.5) is 9.59 Å². The molecule has 308 valence electrons. The molecular formula is C42H54N10O6. The zero-order valence-corrected chi connectivity index (χ0v) is 34.0. The maximum absolute atomic E-state index is 12.8. The maximum Gasteiger partial charge on any atom is 0.404 e. The number of methoxy groups -OCH3 is 2. The first-order valence-corrected chi connectivity index (χ1v) is 19.5. The van der Waals surface area contributed by atoms with E-state index >= 15 is 0 Å². The molecule has 0 radical (unpaired) electrons. The number of aromatic amines is 2. The number of hydrogen-bond acceptors (Lipinski definition) is 10. The molecule has 5 aromatic rings. The number of nitrogens with two attached hydrogens (primary N) is 2. The van der Waals surface area contributed by atoms with E-state index in [2.05, 4.69) is 86.8 Å². The largest absolute Gasteiger partial charge is 0.453 e. The first-order chi connectivity index (χ1) is 27.8. The molecule has 0 bridgehead atoms. The van der Waals surface area contributed by atoms with Crippen LogP contribution in [-0.4, -0.2) is 91.0 Å². The molecule has 3 aromatic heterocycles. The van der Waals surface area contributed by atoms with Gasteiger partial charge in [0.05, 0.1) is 55.6 Å². The standard InChI is InChI=1S/C38H44N8O2.2C2H5NO2/c1-23(2)17-34(47)45-15-5-7-32(45)37-40-21-30(43-37)25-9-11-26(12-10-25)36-39-20-28-19-27(13-14-29(28)42-36)31-22-41-38(44-31)33-8-6-16-46(33)35(48)18-24(3)4;2*1-5-2(3)4/h9-14,19-24,32-33H,5-8,15-18H2,1-4H3,(H,40,43)(H,41,44);2*1H3,(H2,3,4)/t32-,33-;;/m0../s1. The number of benzene rings is 2. The molecule has 2 aliphatic heterocycles. The number of carbonyl (C=O) groups is 4. The van der Waals surface area contributed by atoms with Gasteiger partial charge in [-0.25, -0.2) is 29.5 Å². The highest BCUT2D eigenvalue weighted by Crippen LogP contribution is 2.35. The highest BCUT2D eigenvalue weighted by molar-refractivity contribution is 5.84. The lowest BCUT2D eigenvalue weighted by atomic mass is 10.1. The zero-order chi connectivity index (χ0) is 41.9. The van der Waals surface area contributed by atoms with Gasteiger partial charge in [0.2, 0.25) is 11.8 Å². The van der Waals surface area contributed by atoms with Gasteiger partial charge in [-0.15, -0.1) is 0 Å². The first-order valence-electron chi connectivity index (χ1n) is 19.5. The smallest absolute Gasteiger partial charge is 0.404 e.